The molecule has 0 fully saturated rings. The summed E-state index contributed by atoms with van der Waals surface area (Å²) in [4.78, 5) is 12.2. The summed E-state index contributed by atoms with van der Waals surface area (Å²) in [6.45, 7) is 5.57. The van der Waals surface area contributed by atoms with Gasteiger partial charge in [-0.05, 0) is 57.2 Å². The van der Waals surface area contributed by atoms with Crippen LogP contribution in [-0.2, 0) is 0 Å². The van der Waals surface area contributed by atoms with Crippen molar-refractivity contribution < 1.29 is 9.21 Å². The number of hydrazine groups is 1. The van der Waals surface area contributed by atoms with E-state index in [1.54, 1.807) is 24.3 Å². The zero-order chi connectivity index (χ0) is 14.9. The highest BCUT2D eigenvalue weighted by Gasteiger charge is 2.26. The van der Waals surface area contributed by atoms with Crippen LogP contribution in [0.3, 0.4) is 0 Å². The van der Waals surface area contributed by atoms with E-state index in [1.165, 1.54) is 0 Å². The molecular formula is C15H17ClN2O2. The van der Waals surface area contributed by atoms with Gasteiger partial charge in [-0.25, -0.2) is 5.84 Å². The van der Waals surface area contributed by atoms with E-state index in [9.17, 15) is 4.79 Å². The molecule has 4 nitrogen and oxygen atoms in total. The van der Waals surface area contributed by atoms with Crippen molar-refractivity contribution in [2.75, 3.05) is 0 Å². The Morgan fingerprint density at radius 3 is 2.30 bits per heavy atom. The lowest BCUT2D eigenvalue weighted by molar-refractivity contribution is 0.0549. The van der Waals surface area contributed by atoms with Gasteiger partial charge < -0.3 is 4.42 Å². The number of hydrogen-bond acceptors (Lipinski definition) is 3. The fourth-order valence-electron chi connectivity index (χ4n) is 1.65. The van der Waals surface area contributed by atoms with Crippen molar-refractivity contribution in [1.29, 1.82) is 0 Å². The molecule has 0 radical (unpaired) electrons. The van der Waals surface area contributed by atoms with Crippen molar-refractivity contribution in [3.63, 3.8) is 0 Å². The van der Waals surface area contributed by atoms with Gasteiger partial charge in [0.2, 0.25) is 0 Å². The average Bonchev–Trinajstić information content (AvgIpc) is 2.86. The summed E-state index contributed by atoms with van der Waals surface area (Å²) in [5.74, 6) is 6.27. The molecule has 2 N–H and O–H groups in total. The van der Waals surface area contributed by atoms with Gasteiger partial charge in [0.1, 0.15) is 5.76 Å². The standard InChI is InChI=1S/C15H17ClN2O2/c1-15(2,3)18(17)14(19)13-9-8-12(20-13)10-4-6-11(16)7-5-10/h4-9H,17H2,1-3H3. The minimum Gasteiger partial charge on any atom is -0.451 e. The van der Waals surface area contributed by atoms with E-state index in [1.807, 2.05) is 32.9 Å². The molecule has 20 heavy (non-hydrogen) atoms. The molecule has 2 aromatic rings. The number of furan rings is 1. The van der Waals surface area contributed by atoms with E-state index in [0.29, 0.717) is 10.8 Å². The molecular weight excluding hydrogens is 276 g/mol. The number of halogens is 1. The number of benzene rings is 1. The van der Waals surface area contributed by atoms with Gasteiger partial charge in [0, 0.05) is 10.6 Å². The lowest BCUT2D eigenvalue weighted by Crippen LogP contribution is -2.50. The molecule has 1 aromatic heterocycles. The summed E-state index contributed by atoms with van der Waals surface area (Å²) < 4.78 is 5.57. The third-order valence-electron chi connectivity index (χ3n) is 2.89. The van der Waals surface area contributed by atoms with E-state index < -0.39 is 5.54 Å². The molecule has 0 aliphatic carbocycles. The average molecular weight is 293 g/mol. The minimum atomic E-state index is -0.468. The maximum Gasteiger partial charge on any atom is 0.303 e. The van der Waals surface area contributed by atoms with Gasteiger partial charge >= 0.3 is 5.91 Å². The quantitative estimate of drug-likeness (QED) is 0.521. The van der Waals surface area contributed by atoms with Crippen molar-refractivity contribution in [2.45, 2.75) is 26.3 Å². The first-order valence-electron chi connectivity index (χ1n) is 6.24. The maximum atomic E-state index is 12.2. The Balaban J connectivity index is 2.25. The van der Waals surface area contributed by atoms with Crippen LogP contribution < -0.4 is 5.84 Å². The second-order valence-corrected chi connectivity index (χ2v) is 5.95. The zero-order valence-corrected chi connectivity index (χ0v) is 12.4. The number of nitrogens with zero attached hydrogens (tertiary/aromatic N) is 1. The van der Waals surface area contributed by atoms with Crippen molar-refractivity contribution in [3.05, 3.63) is 47.2 Å². The minimum absolute atomic E-state index is 0.215. The van der Waals surface area contributed by atoms with Crippen molar-refractivity contribution in [3.8, 4) is 11.3 Å². The van der Waals surface area contributed by atoms with Crippen LogP contribution >= 0.6 is 11.6 Å². The van der Waals surface area contributed by atoms with E-state index in [2.05, 4.69) is 0 Å². The van der Waals surface area contributed by atoms with Crippen LogP contribution in [0, 0.1) is 0 Å². The SMILES string of the molecule is CC(C)(C)N(N)C(=O)c1ccc(-c2ccc(Cl)cc2)o1. The monoisotopic (exact) mass is 292 g/mol. The second-order valence-electron chi connectivity index (χ2n) is 5.52. The summed E-state index contributed by atoms with van der Waals surface area (Å²) in [6, 6.07) is 10.6. The predicted octanol–water partition coefficient (Wildman–Crippen LogP) is 3.71. The van der Waals surface area contributed by atoms with Crippen molar-refractivity contribution in [2.24, 2.45) is 5.84 Å². The topological polar surface area (TPSA) is 59.5 Å². The first-order valence-corrected chi connectivity index (χ1v) is 6.62. The van der Waals surface area contributed by atoms with Crippen molar-refractivity contribution in [1.82, 2.24) is 5.01 Å². The van der Waals surface area contributed by atoms with E-state index in [4.69, 9.17) is 21.9 Å². The lowest BCUT2D eigenvalue weighted by atomic mass is 10.1. The smallest absolute Gasteiger partial charge is 0.303 e. The Hall–Kier alpha value is -1.78. The zero-order valence-electron chi connectivity index (χ0n) is 11.7. The van der Waals surface area contributed by atoms with Gasteiger partial charge in [-0.15, -0.1) is 0 Å². The Morgan fingerprint density at radius 2 is 1.75 bits per heavy atom. The summed E-state index contributed by atoms with van der Waals surface area (Å²) >= 11 is 5.84. The van der Waals surface area contributed by atoms with Crippen molar-refractivity contribution >= 4 is 17.5 Å². The third kappa shape index (κ3) is 3.03. The van der Waals surface area contributed by atoms with Crippen LogP contribution in [-0.4, -0.2) is 16.5 Å². The van der Waals surface area contributed by atoms with E-state index in [0.717, 1.165) is 10.6 Å². The molecule has 0 unspecified atom stereocenters. The highest BCUT2D eigenvalue weighted by atomic mass is 35.5. The molecule has 0 aliphatic rings. The van der Waals surface area contributed by atoms with Crippen LogP contribution in [0.4, 0.5) is 0 Å². The van der Waals surface area contributed by atoms with Crippen LogP contribution in [0.5, 0.6) is 0 Å². The fourth-order valence-corrected chi connectivity index (χ4v) is 1.77. The molecule has 2 rings (SSSR count). The number of nitrogens with two attached hydrogens (primary N) is 1. The molecule has 0 saturated carbocycles. The van der Waals surface area contributed by atoms with Gasteiger partial charge in [-0.2, -0.15) is 0 Å². The number of amides is 1. The summed E-state index contributed by atoms with van der Waals surface area (Å²) in [5.41, 5.74) is 0.386. The molecule has 0 atom stereocenters. The van der Waals surface area contributed by atoms with E-state index >= 15 is 0 Å². The predicted molar refractivity (Wildman–Crippen MR) is 79.3 cm³/mol. The molecule has 0 saturated heterocycles. The van der Waals surface area contributed by atoms with Crippen LogP contribution in [0.25, 0.3) is 11.3 Å². The number of carbonyl (C=O) groups excluding carboxylic acids is 1. The molecule has 0 spiro atoms. The van der Waals surface area contributed by atoms with Crippen LogP contribution in [0.15, 0.2) is 40.8 Å². The molecule has 5 heteroatoms. The van der Waals surface area contributed by atoms with Gasteiger partial charge in [-0.1, -0.05) is 11.6 Å². The maximum absolute atomic E-state index is 12.2. The summed E-state index contributed by atoms with van der Waals surface area (Å²) in [5, 5.41) is 1.81. The van der Waals surface area contributed by atoms with E-state index in [-0.39, 0.29) is 11.7 Å². The van der Waals surface area contributed by atoms with Crippen LogP contribution in [0.1, 0.15) is 31.3 Å². The Bertz CT molecular complexity index is 612. The molecule has 1 aromatic carbocycles. The Kier molecular flexibility index (Phi) is 3.88. The summed E-state index contributed by atoms with van der Waals surface area (Å²) in [7, 11) is 0. The van der Waals surface area contributed by atoms with Gasteiger partial charge in [-0.3, -0.25) is 9.80 Å². The Labute approximate surface area is 123 Å². The molecule has 0 aliphatic heterocycles. The van der Waals surface area contributed by atoms with Gasteiger partial charge in [0.25, 0.3) is 0 Å². The first kappa shape index (κ1) is 14.6. The molecule has 1 heterocycles. The highest BCUT2D eigenvalue weighted by molar-refractivity contribution is 6.30. The van der Waals surface area contributed by atoms with Crippen LogP contribution in [0.2, 0.25) is 5.02 Å². The van der Waals surface area contributed by atoms with Gasteiger partial charge in [0.05, 0.1) is 5.54 Å². The number of rotatable bonds is 2. The normalized spacial score (nSPS) is 11.4. The first-order chi connectivity index (χ1) is 9.29. The number of carbonyl (C=O) groups is 1. The summed E-state index contributed by atoms with van der Waals surface area (Å²) in [6.07, 6.45) is 0. The lowest BCUT2D eigenvalue weighted by Gasteiger charge is -2.30. The molecule has 106 valence electrons. The largest absolute Gasteiger partial charge is 0.451 e. The molecule has 1 amide bonds. The van der Waals surface area contributed by atoms with Gasteiger partial charge in [0.15, 0.2) is 5.76 Å². The third-order valence-corrected chi connectivity index (χ3v) is 3.14. The second kappa shape index (κ2) is 5.31. The molecule has 0 bridgehead atoms. The number of hydrogen-bond donors (Lipinski definition) is 1. The Morgan fingerprint density at radius 1 is 1.15 bits per heavy atom. The fraction of sp³-hybridized carbons (Fsp3) is 0.267. The highest BCUT2D eigenvalue weighted by Crippen LogP contribution is 2.25.